The molecule has 0 aliphatic carbocycles. The highest BCUT2D eigenvalue weighted by molar-refractivity contribution is 5.67. The molecular formula is C15H21NO5. The van der Waals surface area contributed by atoms with E-state index in [9.17, 15) is 4.79 Å². The minimum absolute atomic E-state index is 0.242. The summed E-state index contributed by atoms with van der Waals surface area (Å²) < 4.78 is 15.9. The topological polar surface area (TPSA) is 68.2 Å². The molecule has 0 amide bonds. The molecule has 1 heterocycles. The van der Waals surface area contributed by atoms with Gasteiger partial charge in [0.05, 0.1) is 27.8 Å². The van der Waals surface area contributed by atoms with Crippen molar-refractivity contribution in [2.24, 2.45) is 5.92 Å². The summed E-state index contributed by atoms with van der Waals surface area (Å²) >= 11 is 0. The fraction of sp³-hybridized carbons (Fsp3) is 0.533. The molecule has 6 nitrogen and oxygen atoms in total. The van der Waals surface area contributed by atoms with E-state index in [1.807, 2.05) is 12.1 Å². The van der Waals surface area contributed by atoms with E-state index >= 15 is 0 Å². The Morgan fingerprint density at radius 1 is 1.19 bits per heavy atom. The predicted molar refractivity (Wildman–Crippen MR) is 77.1 cm³/mol. The molecule has 0 saturated carbocycles. The first-order valence-electron chi connectivity index (χ1n) is 6.80. The standard InChI is InChI=1S/C15H21NO5/c1-19-12-4-10(5-13(20-2)15(12)21-3)7-16-8-11(9-16)6-14(17)18/h4-5,11H,6-9H2,1-3H3,(H,17,18). The molecule has 1 aliphatic rings. The van der Waals surface area contributed by atoms with Crippen LogP contribution in [0.4, 0.5) is 0 Å². The second kappa shape index (κ2) is 6.67. The molecule has 6 heteroatoms. The highest BCUT2D eigenvalue weighted by Crippen LogP contribution is 2.38. The number of aliphatic carboxylic acids is 1. The summed E-state index contributed by atoms with van der Waals surface area (Å²) in [6.07, 6.45) is 0.242. The smallest absolute Gasteiger partial charge is 0.303 e. The van der Waals surface area contributed by atoms with Crippen molar-refractivity contribution in [3.05, 3.63) is 17.7 Å². The van der Waals surface area contributed by atoms with Crippen molar-refractivity contribution in [3.63, 3.8) is 0 Å². The third kappa shape index (κ3) is 3.58. The van der Waals surface area contributed by atoms with Crippen LogP contribution in [-0.4, -0.2) is 50.4 Å². The lowest BCUT2D eigenvalue weighted by Crippen LogP contribution is -2.46. The summed E-state index contributed by atoms with van der Waals surface area (Å²) in [7, 11) is 4.76. The minimum atomic E-state index is -0.729. The van der Waals surface area contributed by atoms with E-state index in [-0.39, 0.29) is 12.3 Å². The first-order chi connectivity index (χ1) is 10.1. The highest BCUT2D eigenvalue weighted by atomic mass is 16.5. The van der Waals surface area contributed by atoms with E-state index in [1.54, 1.807) is 21.3 Å². The summed E-state index contributed by atoms with van der Waals surface area (Å²) in [4.78, 5) is 12.8. The number of hydrogen-bond acceptors (Lipinski definition) is 5. The Hall–Kier alpha value is -1.95. The molecule has 116 valence electrons. The van der Waals surface area contributed by atoms with Crippen LogP contribution < -0.4 is 14.2 Å². The van der Waals surface area contributed by atoms with E-state index in [1.165, 1.54) is 0 Å². The lowest BCUT2D eigenvalue weighted by Gasteiger charge is -2.38. The third-order valence-corrected chi connectivity index (χ3v) is 3.63. The van der Waals surface area contributed by atoms with Crippen LogP contribution in [0, 0.1) is 5.92 Å². The molecule has 0 radical (unpaired) electrons. The number of benzene rings is 1. The molecule has 1 fully saturated rings. The maximum atomic E-state index is 10.6. The quantitative estimate of drug-likeness (QED) is 0.824. The van der Waals surface area contributed by atoms with Gasteiger partial charge >= 0.3 is 5.97 Å². The van der Waals surface area contributed by atoms with Gasteiger partial charge in [0.15, 0.2) is 11.5 Å². The van der Waals surface area contributed by atoms with Crippen LogP contribution in [0.25, 0.3) is 0 Å². The van der Waals surface area contributed by atoms with E-state index < -0.39 is 5.97 Å². The fourth-order valence-electron chi connectivity index (χ4n) is 2.67. The van der Waals surface area contributed by atoms with Gasteiger partial charge < -0.3 is 19.3 Å². The van der Waals surface area contributed by atoms with Crippen LogP contribution in [0.5, 0.6) is 17.2 Å². The first-order valence-corrected chi connectivity index (χ1v) is 6.80. The lowest BCUT2D eigenvalue weighted by atomic mass is 9.95. The Morgan fingerprint density at radius 3 is 2.19 bits per heavy atom. The molecule has 1 aromatic rings. The molecule has 0 aromatic heterocycles. The van der Waals surface area contributed by atoms with Gasteiger partial charge in [-0.2, -0.15) is 0 Å². The second-order valence-corrected chi connectivity index (χ2v) is 5.19. The number of carbonyl (C=O) groups is 1. The molecule has 0 unspecified atom stereocenters. The Balaban J connectivity index is 2.03. The first kappa shape index (κ1) is 15.4. The number of hydrogen-bond donors (Lipinski definition) is 1. The van der Waals surface area contributed by atoms with Crippen LogP contribution in [-0.2, 0) is 11.3 Å². The highest BCUT2D eigenvalue weighted by Gasteiger charge is 2.28. The number of rotatable bonds is 7. The molecule has 1 aromatic carbocycles. The van der Waals surface area contributed by atoms with E-state index in [2.05, 4.69) is 4.90 Å². The van der Waals surface area contributed by atoms with Gasteiger partial charge in [0.2, 0.25) is 5.75 Å². The van der Waals surface area contributed by atoms with E-state index in [0.717, 1.165) is 25.2 Å². The van der Waals surface area contributed by atoms with Crippen molar-refractivity contribution in [2.75, 3.05) is 34.4 Å². The fourth-order valence-corrected chi connectivity index (χ4v) is 2.67. The van der Waals surface area contributed by atoms with Gasteiger partial charge in [0.25, 0.3) is 0 Å². The normalized spacial score (nSPS) is 15.4. The van der Waals surface area contributed by atoms with Gasteiger partial charge in [-0.25, -0.2) is 0 Å². The van der Waals surface area contributed by atoms with Crippen LogP contribution >= 0.6 is 0 Å². The minimum Gasteiger partial charge on any atom is -0.493 e. The lowest BCUT2D eigenvalue weighted by molar-refractivity contribution is -0.139. The maximum Gasteiger partial charge on any atom is 0.303 e. The van der Waals surface area contributed by atoms with Crippen molar-refractivity contribution in [2.45, 2.75) is 13.0 Å². The van der Waals surface area contributed by atoms with Gasteiger partial charge in [-0.15, -0.1) is 0 Å². The Kier molecular flexibility index (Phi) is 4.90. The molecule has 0 atom stereocenters. The predicted octanol–water partition coefficient (Wildman–Crippen LogP) is 1.62. The molecule has 1 saturated heterocycles. The average molecular weight is 295 g/mol. The van der Waals surface area contributed by atoms with E-state index in [4.69, 9.17) is 19.3 Å². The van der Waals surface area contributed by atoms with Crippen molar-refractivity contribution < 1.29 is 24.1 Å². The molecule has 1 aliphatic heterocycles. The molecule has 0 spiro atoms. The largest absolute Gasteiger partial charge is 0.493 e. The van der Waals surface area contributed by atoms with Crippen LogP contribution in [0.2, 0.25) is 0 Å². The number of carboxylic acids is 1. The van der Waals surface area contributed by atoms with Gasteiger partial charge in [-0.3, -0.25) is 9.69 Å². The van der Waals surface area contributed by atoms with Gasteiger partial charge in [0.1, 0.15) is 0 Å². The van der Waals surface area contributed by atoms with Gasteiger partial charge in [-0.05, 0) is 23.6 Å². The Labute approximate surface area is 124 Å². The van der Waals surface area contributed by atoms with Crippen molar-refractivity contribution in [1.82, 2.24) is 4.90 Å². The van der Waals surface area contributed by atoms with E-state index in [0.29, 0.717) is 17.2 Å². The number of nitrogens with zero attached hydrogens (tertiary/aromatic N) is 1. The average Bonchev–Trinajstić information content (AvgIpc) is 2.43. The Bertz CT molecular complexity index is 486. The summed E-state index contributed by atoms with van der Waals surface area (Å²) in [6.45, 7) is 2.36. The zero-order valence-corrected chi connectivity index (χ0v) is 12.6. The van der Waals surface area contributed by atoms with Crippen LogP contribution in [0.3, 0.4) is 0 Å². The molecule has 2 rings (SSSR count). The van der Waals surface area contributed by atoms with Crippen molar-refractivity contribution >= 4 is 5.97 Å². The molecule has 21 heavy (non-hydrogen) atoms. The van der Waals surface area contributed by atoms with Crippen molar-refractivity contribution in [1.29, 1.82) is 0 Å². The van der Waals surface area contributed by atoms with Gasteiger partial charge in [-0.1, -0.05) is 0 Å². The number of methoxy groups -OCH3 is 3. The maximum absolute atomic E-state index is 10.6. The number of likely N-dealkylation sites (tertiary alicyclic amines) is 1. The summed E-state index contributed by atoms with van der Waals surface area (Å²) in [5, 5.41) is 8.75. The van der Waals surface area contributed by atoms with Gasteiger partial charge in [0, 0.05) is 19.6 Å². The molecular weight excluding hydrogens is 274 g/mol. The Morgan fingerprint density at radius 2 is 1.76 bits per heavy atom. The number of ether oxygens (including phenoxy) is 3. The number of carboxylic acid groups (broad SMARTS) is 1. The summed E-state index contributed by atoms with van der Waals surface area (Å²) in [5.41, 5.74) is 1.05. The zero-order chi connectivity index (χ0) is 15.4. The zero-order valence-electron chi connectivity index (χ0n) is 12.6. The third-order valence-electron chi connectivity index (χ3n) is 3.63. The summed E-state index contributed by atoms with van der Waals surface area (Å²) in [6, 6.07) is 3.84. The van der Waals surface area contributed by atoms with Crippen LogP contribution in [0.15, 0.2) is 12.1 Å². The van der Waals surface area contributed by atoms with Crippen molar-refractivity contribution in [3.8, 4) is 17.2 Å². The monoisotopic (exact) mass is 295 g/mol. The SMILES string of the molecule is COc1cc(CN2CC(CC(=O)O)C2)cc(OC)c1OC. The van der Waals surface area contributed by atoms with Crippen LogP contribution in [0.1, 0.15) is 12.0 Å². The second-order valence-electron chi connectivity index (χ2n) is 5.19. The summed E-state index contributed by atoms with van der Waals surface area (Å²) in [5.74, 6) is 1.37. The molecule has 0 bridgehead atoms. The molecule has 1 N–H and O–H groups in total.